The van der Waals surface area contributed by atoms with Gasteiger partial charge in [-0.3, -0.25) is 4.90 Å². The Labute approximate surface area is 111 Å². The number of rotatable bonds is 5. The van der Waals surface area contributed by atoms with Gasteiger partial charge in [-0.2, -0.15) is 0 Å². The van der Waals surface area contributed by atoms with E-state index in [2.05, 4.69) is 5.16 Å². The molecule has 2 rings (SSSR count). The minimum Gasteiger partial charge on any atom is -0.497 e. The molecule has 1 aromatic heterocycles. The highest BCUT2D eigenvalue weighted by atomic mass is 19.1. The van der Waals surface area contributed by atoms with E-state index in [4.69, 9.17) is 9.26 Å². The Morgan fingerprint density at radius 2 is 2.21 bits per heavy atom. The molecule has 0 N–H and O–H groups in total. The molecule has 0 bridgehead atoms. The quantitative estimate of drug-likeness (QED) is 0.832. The monoisotopic (exact) mass is 264 g/mol. The molecule has 102 valence electrons. The maximum atomic E-state index is 13.8. The number of ether oxygens (including phenoxy) is 1. The van der Waals surface area contributed by atoms with Crippen LogP contribution in [0.15, 0.2) is 35.1 Å². The summed E-state index contributed by atoms with van der Waals surface area (Å²) < 4.78 is 23.7. The molecule has 0 amide bonds. The summed E-state index contributed by atoms with van der Waals surface area (Å²) in [6.45, 7) is 2.47. The van der Waals surface area contributed by atoms with E-state index >= 15 is 0 Å². The normalized spacial score (nSPS) is 12.7. The molecule has 0 saturated carbocycles. The van der Waals surface area contributed by atoms with E-state index in [0.717, 1.165) is 5.69 Å². The zero-order valence-corrected chi connectivity index (χ0v) is 11.3. The van der Waals surface area contributed by atoms with Gasteiger partial charge in [0, 0.05) is 18.2 Å². The first-order valence-corrected chi connectivity index (χ1v) is 6.04. The molecule has 0 spiro atoms. The summed E-state index contributed by atoms with van der Waals surface area (Å²) in [6.07, 6.45) is 1.53. The van der Waals surface area contributed by atoms with Crippen molar-refractivity contribution in [3.63, 3.8) is 0 Å². The van der Waals surface area contributed by atoms with E-state index < -0.39 is 0 Å². The third kappa shape index (κ3) is 3.12. The Balaban J connectivity index is 2.12. The number of hydrogen-bond donors (Lipinski definition) is 0. The molecule has 0 aliphatic carbocycles. The summed E-state index contributed by atoms with van der Waals surface area (Å²) in [6, 6.07) is 6.59. The minimum absolute atomic E-state index is 0.0457. The second-order valence-electron chi connectivity index (χ2n) is 4.47. The standard InChI is InChI=1S/C14H17FN2O2/c1-10(14-6-7-19-16-14)17(2)9-11-8-12(18-3)4-5-13(11)15/h4-8,10H,9H2,1-3H3/t10-/m0/s1. The van der Waals surface area contributed by atoms with Crippen molar-refractivity contribution in [2.75, 3.05) is 14.2 Å². The van der Waals surface area contributed by atoms with Gasteiger partial charge in [-0.25, -0.2) is 4.39 Å². The van der Waals surface area contributed by atoms with E-state index in [0.29, 0.717) is 17.9 Å². The first-order valence-electron chi connectivity index (χ1n) is 6.04. The minimum atomic E-state index is -0.236. The molecule has 0 saturated heterocycles. The summed E-state index contributed by atoms with van der Waals surface area (Å²) in [7, 11) is 3.48. The van der Waals surface area contributed by atoms with Crippen molar-refractivity contribution in [3.8, 4) is 5.75 Å². The smallest absolute Gasteiger partial charge is 0.127 e. The second-order valence-corrected chi connectivity index (χ2v) is 4.47. The van der Waals surface area contributed by atoms with Crippen LogP contribution in [0.25, 0.3) is 0 Å². The lowest BCUT2D eigenvalue weighted by molar-refractivity contribution is 0.237. The Bertz CT molecular complexity index is 528. The zero-order valence-electron chi connectivity index (χ0n) is 11.3. The van der Waals surface area contributed by atoms with Gasteiger partial charge < -0.3 is 9.26 Å². The lowest BCUT2D eigenvalue weighted by Crippen LogP contribution is -2.22. The molecule has 1 aromatic carbocycles. The third-order valence-electron chi connectivity index (χ3n) is 3.22. The molecule has 4 nitrogen and oxygen atoms in total. The van der Waals surface area contributed by atoms with E-state index in [9.17, 15) is 4.39 Å². The zero-order chi connectivity index (χ0) is 13.8. The molecule has 19 heavy (non-hydrogen) atoms. The highest BCUT2D eigenvalue weighted by Crippen LogP contribution is 2.22. The Hall–Kier alpha value is -1.88. The largest absolute Gasteiger partial charge is 0.497 e. The summed E-state index contributed by atoms with van der Waals surface area (Å²) in [4.78, 5) is 2.00. The van der Waals surface area contributed by atoms with Crippen LogP contribution in [0.5, 0.6) is 5.75 Å². The van der Waals surface area contributed by atoms with Gasteiger partial charge in [-0.15, -0.1) is 0 Å². The van der Waals surface area contributed by atoms with Gasteiger partial charge in [0.2, 0.25) is 0 Å². The fourth-order valence-electron chi connectivity index (χ4n) is 1.87. The molecule has 0 fully saturated rings. The van der Waals surface area contributed by atoms with Crippen molar-refractivity contribution in [1.29, 1.82) is 0 Å². The van der Waals surface area contributed by atoms with Crippen molar-refractivity contribution >= 4 is 0 Å². The fourth-order valence-corrected chi connectivity index (χ4v) is 1.87. The summed E-state index contributed by atoms with van der Waals surface area (Å²) >= 11 is 0. The van der Waals surface area contributed by atoms with Gasteiger partial charge in [-0.1, -0.05) is 5.16 Å². The van der Waals surface area contributed by atoms with Gasteiger partial charge in [0.05, 0.1) is 13.2 Å². The van der Waals surface area contributed by atoms with Crippen molar-refractivity contribution in [2.45, 2.75) is 19.5 Å². The Kier molecular flexibility index (Phi) is 4.16. The van der Waals surface area contributed by atoms with E-state index in [-0.39, 0.29) is 11.9 Å². The van der Waals surface area contributed by atoms with Crippen LogP contribution in [0, 0.1) is 5.82 Å². The number of aromatic nitrogens is 1. The molecule has 0 aliphatic heterocycles. The van der Waals surface area contributed by atoms with Crippen LogP contribution in [0.2, 0.25) is 0 Å². The van der Waals surface area contributed by atoms with Gasteiger partial charge in [-0.05, 0) is 32.2 Å². The Morgan fingerprint density at radius 1 is 1.42 bits per heavy atom. The lowest BCUT2D eigenvalue weighted by atomic mass is 10.1. The van der Waals surface area contributed by atoms with Crippen molar-refractivity contribution in [1.82, 2.24) is 10.1 Å². The van der Waals surface area contributed by atoms with Crippen LogP contribution < -0.4 is 4.74 Å². The van der Waals surface area contributed by atoms with Crippen molar-refractivity contribution in [2.24, 2.45) is 0 Å². The molecule has 2 aromatic rings. The van der Waals surface area contributed by atoms with E-state index in [1.807, 2.05) is 24.9 Å². The van der Waals surface area contributed by atoms with Crippen LogP contribution in [0.3, 0.4) is 0 Å². The van der Waals surface area contributed by atoms with E-state index in [1.165, 1.54) is 12.3 Å². The van der Waals surface area contributed by atoms with Crippen LogP contribution in [-0.4, -0.2) is 24.2 Å². The lowest BCUT2D eigenvalue weighted by Gasteiger charge is -2.23. The van der Waals surface area contributed by atoms with Crippen LogP contribution >= 0.6 is 0 Å². The maximum Gasteiger partial charge on any atom is 0.127 e. The highest BCUT2D eigenvalue weighted by Gasteiger charge is 2.16. The Morgan fingerprint density at radius 3 is 2.84 bits per heavy atom. The predicted octanol–water partition coefficient (Wildman–Crippen LogP) is 3.02. The maximum absolute atomic E-state index is 13.8. The fraction of sp³-hybridized carbons (Fsp3) is 0.357. The van der Waals surface area contributed by atoms with E-state index in [1.54, 1.807) is 19.2 Å². The topological polar surface area (TPSA) is 38.5 Å². The number of methoxy groups -OCH3 is 1. The molecule has 1 atom stereocenters. The van der Waals surface area contributed by atoms with Gasteiger partial charge >= 0.3 is 0 Å². The summed E-state index contributed by atoms with van der Waals surface area (Å²) in [5, 5.41) is 3.90. The van der Waals surface area contributed by atoms with Gasteiger partial charge in [0.1, 0.15) is 23.5 Å². The third-order valence-corrected chi connectivity index (χ3v) is 3.22. The molecule has 0 unspecified atom stereocenters. The number of nitrogens with zero attached hydrogens (tertiary/aromatic N) is 2. The molecule has 0 aliphatic rings. The first-order chi connectivity index (χ1) is 9.11. The average Bonchev–Trinajstić information content (AvgIpc) is 2.94. The van der Waals surface area contributed by atoms with Crippen LogP contribution in [-0.2, 0) is 6.54 Å². The molecular weight excluding hydrogens is 247 g/mol. The predicted molar refractivity (Wildman–Crippen MR) is 69.3 cm³/mol. The first kappa shape index (κ1) is 13.5. The van der Waals surface area contributed by atoms with Crippen molar-refractivity contribution < 1.29 is 13.7 Å². The molecule has 1 heterocycles. The highest BCUT2D eigenvalue weighted by molar-refractivity contribution is 5.29. The van der Waals surface area contributed by atoms with Crippen LogP contribution in [0.4, 0.5) is 4.39 Å². The molecule has 0 radical (unpaired) electrons. The molecular formula is C14H17FN2O2. The summed E-state index contributed by atoms with van der Waals surface area (Å²) in [5.74, 6) is 0.416. The number of benzene rings is 1. The number of hydrogen-bond acceptors (Lipinski definition) is 4. The van der Waals surface area contributed by atoms with Crippen LogP contribution in [0.1, 0.15) is 24.2 Å². The summed E-state index contributed by atoms with van der Waals surface area (Å²) in [5.41, 5.74) is 1.42. The average molecular weight is 264 g/mol. The second kappa shape index (κ2) is 5.84. The van der Waals surface area contributed by atoms with Gasteiger partial charge in [0.25, 0.3) is 0 Å². The van der Waals surface area contributed by atoms with Gasteiger partial charge in [0.15, 0.2) is 0 Å². The SMILES string of the molecule is COc1ccc(F)c(CN(C)[C@@H](C)c2ccon2)c1. The number of halogens is 1. The molecule has 5 heteroatoms. The van der Waals surface area contributed by atoms with Crippen molar-refractivity contribution in [3.05, 3.63) is 47.6 Å².